The van der Waals surface area contributed by atoms with E-state index >= 15 is 0 Å². The summed E-state index contributed by atoms with van der Waals surface area (Å²) in [5.74, 6) is -7.74. The lowest BCUT2D eigenvalue weighted by Crippen LogP contribution is -2.48. The zero-order chi connectivity index (χ0) is 28.0. The Balaban J connectivity index is 1.66. The molecule has 0 unspecified atom stereocenters. The van der Waals surface area contributed by atoms with Gasteiger partial charge in [0.15, 0.2) is 17.2 Å². The molecule has 1 aliphatic heterocycles. The first-order valence-corrected chi connectivity index (χ1v) is 11.9. The second-order valence-corrected chi connectivity index (χ2v) is 9.66. The van der Waals surface area contributed by atoms with E-state index in [1.807, 2.05) is 0 Å². The van der Waals surface area contributed by atoms with Gasteiger partial charge in [0.25, 0.3) is 17.7 Å². The second-order valence-electron chi connectivity index (χ2n) is 8.82. The summed E-state index contributed by atoms with van der Waals surface area (Å²) < 4.78 is 56.8. The SMILES string of the molecule is Cc1cc(C(=O)N2CCC(F)(F)[C@](O)(CO)c3cc(Cl)ccc32)ccc1NC(=O)c1cc(F)c(F)cc1Cl. The summed E-state index contributed by atoms with van der Waals surface area (Å²) in [4.78, 5) is 27.1. The number of aliphatic hydroxyl groups is 2. The first-order chi connectivity index (χ1) is 17.8. The first kappa shape index (κ1) is 27.8. The summed E-state index contributed by atoms with van der Waals surface area (Å²) in [6.45, 7) is -0.214. The van der Waals surface area contributed by atoms with Crippen LogP contribution < -0.4 is 10.2 Å². The van der Waals surface area contributed by atoms with Gasteiger partial charge in [0.2, 0.25) is 0 Å². The molecule has 1 heterocycles. The van der Waals surface area contributed by atoms with Gasteiger partial charge in [-0.3, -0.25) is 9.59 Å². The number of nitrogens with zero attached hydrogens (tertiary/aromatic N) is 1. The Labute approximate surface area is 224 Å². The quantitative estimate of drug-likeness (QED) is 0.277. The van der Waals surface area contributed by atoms with E-state index in [0.717, 1.165) is 11.0 Å². The fourth-order valence-corrected chi connectivity index (χ4v) is 4.65. The number of anilines is 2. The molecule has 6 nitrogen and oxygen atoms in total. The largest absolute Gasteiger partial charge is 0.393 e. The van der Waals surface area contributed by atoms with Crippen LogP contribution in [0.25, 0.3) is 0 Å². The summed E-state index contributed by atoms with van der Waals surface area (Å²) in [6.07, 6.45) is -0.940. The van der Waals surface area contributed by atoms with E-state index < -0.39 is 60.1 Å². The van der Waals surface area contributed by atoms with Gasteiger partial charge < -0.3 is 20.4 Å². The minimum atomic E-state index is -3.78. The van der Waals surface area contributed by atoms with Crippen molar-refractivity contribution in [1.29, 1.82) is 0 Å². The van der Waals surface area contributed by atoms with E-state index in [2.05, 4.69) is 5.32 Å². The molecule has 12 heteroatoms. The number of halogens is 6. The molecule has 1 aliphatic rings. The van der Waals surface area contributed by atoms with E-state index in [9.17, 15) is 37.4 Å². The minimum absolute atomic E-state index is 0.0257. The third-order valence-electron chi connectivity index (χ3n) is 6.40. The molecule has 38 heavy (non-hydrogen) atoms. The molecular weight excluding hydrogens is 551 g/mol. The van der Waals surface area contributed by atoms with Gasteiger partial charge in [-0.05, 0) is 61.0 Å². The lowest BCUT2D eigenvalue weighted by atomic mass is 9.86. The van der Waals surface area contributed by atoms with Crippen LogP contribution in [0.2, 0.25) is 10.0 Å². The van der Waals surface area contributed by atoms with Crippen LogP contribution in [-0.2, 0) is 5.60 Å². The van der Waals surface area contributed by atoms with E-state index in [-0.39, 0.29) is 32.5 Å². The Morgan fingerprint density at radius 3 is 2.39 bits per heavy atom. The summed E-state index contributed by atoms with van der Waals surface area (Å²) >= 11 is 11.8. The number of fused-ring (bicyclic) bond motifs is 1. The third-order valence-corrected chi connectivity index (χ3v) is 6.95. The molecule has 0 aromatic heterocycles. The maximum absolute atomic E-state index is 14.9. The number of nitrogens with one attached hydrogen (secondary N) is 1. The van der Waals surface area contributed by atoms with Crippen molar-refractivity contribution in [3.8, 4) is 0 Å². The summed E-state index contributed by atoms with van der Waals surface area (Å²) in [7, 11) is 0. The predicted octanol–water partition coefficient (Wildman–Crippen LogP) is 5.70. The van der Waals surface area contributed by atoms with Gasteiger partial charge in [-0.15, -0.1) is 0 Å². The summed E-state index contributed by atoms with van der Waals surface area (Å²) in [5, 5.41) is 22.7. The predicted molar refractivity (Wildman–Crippen MR) is 134 cm³/mol. The van der Waals surface area contributed by atoms with E-state index in [4.69, 9.17) is 23.2 Å². The molecule has 0 spiro atoms. The van der Waals surface area contributed by atoms with Crippen LogP contribution in [0.3, 0.4) is 0 Å². The average molecular weight is 571 g/mol. The van der Waals surface area contributed by atoms with E-state index in [1.54, 1.807) is 6.92 Å². The Morgan fingerprint density at radius 1 is 1.05 bits per heavy atom. The number of carbonyl (C=O) groups is 2. The Hall–Kier alpha value is -3.18. The monoisotopic (exact) mass is 570 g/mol. The van der Waals surface area contributed by atoms with Gasteiger partial charge in [0.05, 0.1) is 22.9 Å². The topological polar surface area (TPSA) is 89.9 Å². The lowest BCUT2D eigenvalue weighted by molar-refractivity contribution is -0.205. The maximum atomic E-state index is 14.9. The van der Waals surface area contributed by atoms with Crippen LogP contribution in [0.4, 0.5) is 28.9 Å². The van der Waals surface area contributed by atoms with Crippen molar-refractivity contribution in [3.05, 3.63) is 92.5 Å². The summed E-state index contributed by atoms with van der Waals surface area (Å²) in [6, 6.07) is 9.23. The zero-order valence-electron chi connectivity index (χ0n) is 19.7. The molecule has 0 bridgehead atoms. The highest BCUT2D eigenvalue weighted by Crippen LogP contribution is 2.47. The van der Waals surface area contributed by atoms with Crippen molar-refractivity contribution in [2.45, 2.75) is 24.9 Å². The number of hydrogen-bond donors (Lipinski definition) is 3. The molecule has 0 saturated heterocycles. The van der Waals surface area contributed by atoms with Crippen LogP contribution in [-0.4, -0.2) is 41.1 Å². The van der Waals surface area contributed by atoms with Gasteiger partial charge in [-0.2, -0.15) is 0 Å². The van der Waals surface area contributed by atoms with Crippen molar-refractivity contribution in [3.63, 3.8) is 0 Å². The molecule has 200 valence electrons. The molecule has 0 fully saturated rings. The molecular formula is C26H20Cl2F4N2O4. The van der Waals surface area contributed by atoms with Crippen molar-refractivity contribution in [1.82, 2.24) is 0 Å². The van der Waals surface area contributed by atoms with Crippen molar-refractivity contribution in [2.75, 3.05) is 23.4 Å². The molecule has 4 rings (SSSR count). The van der Waals surface area contributed by atoms with Crippen molar-refractivity contribution >= 4 is 46.4 Å². The van der Waals surface area contributed by atoms with Gasteiger partial charge in [0.1, 0.15) is 0 Å². The van der Waals surface area contributed by atoms with Crippen LogP contribution >= 0.6 is 23.2 Å². The maximum Gasteiger partial charge on any atom is 0.284 e. The number of aliphatic hydroxyl groups excluding tert-OH is 1. The standard InChI is InChI=1S/C26H20Cl2F4N2O4/c1-13-8-14(2-4-21(13)33-23(36)16-10-19(29)20(30)11-18(16)28)24(37)34-7-6-26(31,32)25(38,12-35)17-9-15(27)3-5-22(17)34/h2-5,8-11,35,38H,6-7,12H2,1H3,(H,33,36)/t25-/m0/s1. The first-order valence-electron chi connectivity index (χ1n) is 11.2. The average Bonchev–Trinajstić information content (AvgIpc) is 2.94. The molecule has 2 amide bonds. The molecule has 1 atom stereocenters. The smallest absolute Gasteiger partial charge is 0.284 e. The number of rotatable bonds is 4. The molecule has 0 saturated carbocycles. The highest BCUT2D eigenvalue weighted by molar-refractivity contribution is 6.34. The normalized spacial score (nSPS) is 18.5. The van der Waals surface area contributed by atoms with Gasteiger partial charge in [-0.1, -0.05) is 23.2 Å². The Kier molecular flexibility index (Phi) is 7.46. The van der Waals surface area contributed by atoms with E-state index in [1.165, 1.54) is 30.3 Å². The lowest BCUT2D eigenvalue weighted by Gasteiger charge is -2.33. The zero-order valence-corrected chi connectivity index (χ0v) is 21.2. The molecule has 0 aliphatic carbocycles. The van der Waals surface area contributed by atoms with E-state index in [0.29, 0.717) is 17.7 Å². The fraction of sp³-hybridized carbons (Fsp3) is 0.231. The van der Waals surface area contributed by atoms with Gasteiger partial charge in [0, 0.05) is 34.8 Å². The highest BCUT2D eigenvalue weighted by Gasteiger charge is 2.56. The van der Waals surface area contributed by atoms with Crippen LogP contribution in [0, 0.1) is 18.6 Å². The molecule has 3 N–H and O–H groups in total. The Morgan fingerprint density at radius 2 is 1.74 bits per heavy atom. The minimum Gasteiger partial charge on any atom is -0.393 e. The van der Waals surface area contributed by atoms with Gasteiger partial charge in [-0.25, -0.2) is 17.6 Å². The van der Waals surface area contributed by atoms with Crippen molar-refractivity contribution in [2.24, 2.45) is 0 Å². The Bertz CT molecular complexity index is 1450. The fourth-order valence-electron chi connectivity index (χ4n) is 4.24. The number of aryl methyl sites for hydroxylation is 1. The molecule has 3 aromatic rings. The number of amides is 2. The highest BCUT2D eigenvalue weighted by atomic mass is 35.5. The van der Waals surface area contributed by atoms with Gasteiger partial charge >= 0.3 is 0 Å². The number of carbonyl (C=O) groups excluding carboxylic acids is 2. The third kappa shape index (κ3) is 4.84. The van der Waals surface area contributed by atoms with Crippen LogP contribution in [0.1, 0.15) is 38.3 Å². The second kappa shape index (κ2) is 10.2. The summed E-state index contributed by atoms with van der Waals surface area (Å²) in [5.41, 5.74) is -3.01. The van der Waals surface area contributed by atoms with Crippen molar-refractivity contribution < 1.29 is 37.4 Å². The molecule has 0 radical (unpaired) electrons. The number of benzene rings is 3. The molecule has 3 aromatic carbocycles. The number of hydrogen-bond acceptors (Lipinski definition) is 4. The number of alkyl halides is 2. The van der Waals surface area contributed by atoms with Crippen LogP contribution in [0.5, 0.6) is 0 Å². The van der Waals surface area contributed by atoms with Crippen LogP contribution in [0.15, 0.2) is 48.5 Å².